The summed E-state index contributed by atoms with van der Waals surface area (Å²) in [6.07, 6.45) is 4.54. The lowest BCUT2D eigenvalue weighted by Gasteiger charge is -2.19. The first-order valence-electron chi connectivity index (χ1n) is 10.8. The lowest BCUT2D eigenvalue weighted by Crippen LogP contribution is -2.34. The fourth-order valence-corrected chi connectivity index (χ4v) is 3.27. The van der Waals surface area contributed by atoms with Gasteiger partial charge in [-0.3, -0.25) is 15.3 Å². The Labute approximate surface area is 184 Å². The van der Waals surface area contributed by atoms with Gasteiger partial charge in [0.1, 0.15) is 18.6 Å². The molecule has 1 unspecified atom stereocenters. The third-order valence-corrected chi connectivity index (χ3v) is 5.00. The molecule has 0 saturated heterocycles. The average molecular weight is 430 g/mol. The SMILES string of the molecule is CN(C)CCCNC(O)/C(=C/CCCCC(=O)NO)COc1cccc2ccccc12. The minimum atomic E-state index is -0.794. The zero-order valence-corrected chi connectivity index (χ0v) is 18.5. The van der Waals surface area contributed by atoms with Crippen molar-refractivity contribution >= 4 is 16.7 Å². The molecule has 2 aromatic rings. The largest absolute Gasteiger partial charge is 0.488 e. The quantitative estimate of drug-likeness (QED) is 0.121. The number of aliphatic hydroxyl groups is 1. The standard InChI is InChI=1S/C24H35N3O4/c1-27(2)17-9-16-25-24(29)20(11-4-3-5-15-23(28)26-30)18-31-22-14-8-12-19-10-6-7-13-21(19)22/h6-8,10-14,24-25,29-30H,3-5,9,15-18H2,1-2H3,(H,26,28)/b20-11+. The van der Waals surface area contributed by atoms with Crippen molar-refractivity contribution < 1.29 is 19.8 Å². The summed E-state index contributed by atoms with van der Waals surface area (Å²) in [5.74, 6) is 0.398. The summed E-state index contributed by atoms with van der Waals surface area (Å²) in [7, 11) is 4.05. The number of benzene rings is 2. The van der Waals surface area contributed by atoms with Crippen molar-refractivity contribution in [2.24, 2.45) is 0 Å². The van der Waals surface area contributed by atoms with Gasteiger partial charge < -0.3 is 14.7 Å². The molecule has 0 radical (unpaired) electrons. The molecule has 170 valence electrons. The Balaban J connectivity index is 1.98. The first-order valence-corrected chi connectivity index (χ1v) is 10.8. The highest BCUT2D eigenvalue weighted by Crippen LogP contribution is 2.25. The van der Waals surface area contributed by atoms with Gasteiger partial charge in [0.25, 0.3) is 0 Å². The molecular weight excluding hydrogens is 394 g/mol. The number of nitrogens with one attached hydrogen (secondary N) is 2. The highest BCUT2D eigenvalue weighted by molar-refractivity contribution is 5.88. The number of fused-ring (bicyclic) bond motifs is 1. The lowest BCUT2D eigenvalue weighted by molar-refractivity contribution is -0.129. The Morgan fingerprint density at radius 1 is 1.13 bits per heavy atom. The summed E-state index contributed by atoms with van der Waals surface area (Å²) in [5, 5.41) is 24.6. The maximum absolute atomic E-state index is 11.1. The van der Waals surface area contributed by atoms with Crippen LogP contribution in [0.4, 0.5) is 0 Å². The van der Waals surface area contributed by atoms with Crippen LogP contribution in [0.15, 0.2) is 54.1 Å². The monoisotopic (exact) mass is 429 g/mol. The Morgan fingerprint density at radius 3 is 2.68 bits per heavy atom. The fraction of sp³-hybridized carbons (Fsp3) is 0.458. The van der Waals surface area contributed by atoms with Gasteiger partial charge in [-0.1, -0.05) is 42.5 Å². The molecule has 2 aromatic carbocycles. The van der Waals surface area contributed by atoms with E-state index in [0.29, 0.717) is 19.4 Å². The topological polar surface area (TPSA) is 94.1 Å². The van der Waals surface area contributed by atoms with Crippen LogP contribution in [0.1, 0.15) is 32.1 Å². The van der Waals surface area contributed by atoms with Crippen molar-refractivity contribution in [2.75, 3.05) is 33.8 Å². The van der Waals surface area contributed by atoms with E-state index in [4.69, 9.17) is 9.94 Å². The minimum absolute atomic E-state index is 0.271. The zero-order valence-electron chi connectivity index (χ0n) is 18.5. The highest BCUT2D eigenvalue weighted by atomic mass is 16.5. The maximum Gasteiger partial charge on any atom is 0.243 e. The molecule has 31 heavy (non-hydrogen) atoms. The van der Waals surface area contributed by atoms with Crippen molar-refractivity contribution in [3.8, 4) is 5.75 Å². The lowest BCUT2D eigenvalue weighted by atomic mass is 10.1. The summed E-state index contributed by atoms with van der Waals surface area (Å²) in [6, 6.07) is 14.0. The molecule has 1 atom stereocenters. The zero-order chi connectivity index (χ0) is 22.5. The Morgan fingerprint density at radius 2 is 1.90 bits per heavy atom. The third kappa shape index (κ3) is 9.06. The van der Waals surface area contributed by atoms with Gasteiger partial charge in [0.05, 0.1) is 0 Å². The number of aliphatic hydroxyl groups excluding tert-OH is 1. The average Bonchev–Trinajstić information content (AvgIpc) is 2.78. The number of carbonyl (C=O) groups excluding carboxylic acids is 1. The summed E-state index contributed by atoms with van der Waals surface area (Å²) >= 11 is 0. The van der Waals surface area contributed by atoms with E-state index in [2.05, 4.69) is 10.2 Å². The molecule has 4 N–H and O–H groups in total. The minimum Gasteiger partial charge on any atom is -0.488 e. The molecule has 7 nitrogen and oxygen atoms in total. The number of hydroxylamine groups is 1. The molecule has 0 aliphatic carbocycles. The van der Waals surface area contributed by atoms with E-state index in [-0.39, 0.29) is 18.9 Å². The second kappa shape index (κ2) is 13.8. The van der Waals surface area contributed by atoms with Crippen LogP contribution in [0.5, 0.6) is 5.75 Å². The predicted octanol–water partition coefficient (Wildman–Crippen LogP) is 3.07. The van der Waals surface area contributed by atoms with E-state index >= 15 is 0 Å². The van der Waals surface area contributed by atoms with Crippen LogP contribution in [0.25, 0.3) is 10.8 Å². The van der Waals surface area contributed by atoms with E-state index in [1.165, 1.54) is 0 Å². The van der Waals surface area contributed by atoms with Gasteiger partial charge in [0.2, 0.25) is 5.91 Å². The van der Waals surface area contributed by atoms with E-state index in [0.717, 1.165) is 41.5 Å². The molecule has 0 saturated carbocycles. The first-order chi connectivity index (χ1) is 15.0. The molecular formula is C24H35N3O4. The van der Waals surface area contributed by atoms with Crippen LogP contribution >= 0.6 is 0 Å². The number of hydrogen-bond donors (Lipinski definition) is 4. The van der Waals surface area contributed by atoms with Crippen LogP contribution in [-0.2, 0) is 4.79 Å². The number of rotatable bonds is 14. The molecule has 7 heteroatoms. The molecule has 0 heterocycles. The van der Waals surface area contributed by atoms with Gasteiger partial charge in [0.15, 0.2) is 0 Å². The molecule has 0 aromatic heterocycles. The second-order valence-electron chi connectivity index (χ2n) is 7.84. The number of unbranched alkanes of at least 4 members (excludes halogenated alkanes) is 2. The van der Waals surface area contributed by atoms with Gasteiger partial charge >= 0.3 is 0 Å². The van der Waals surface area contributed by atoms with Crippen molar-refractivity contribution in [3.63, 3.8) is 0 Å². The molecule has 1 amide bonds. The van der Waals surface area contributed by atoms with E-state index < -0.39 is 6.23 Å². The van der Waals surface area contributed by atoms with Crippen LogP contribution < -0.4 is 15.5 Å². The molecule has 0 aliphatic heterocycles. The van der Waals surface area contributed by atoms with Crippen molar-refractivity contribution in [1.29, 1.82) is 0 Å². The molecule has 0 spiro atoms. The van der Waals surface area contributed by atoms with Gasteiger partial charge in [0, 0.05) is 17.4 Å². The molecule has 0 bridgehead atoms. The Kier molecular flexibility index (Phi) is 11.0. The number of carbonyl (C=O) groups is 1. The smallest absolute Gasteiger partial charge is 0.243 e. The van der Waals surface area contributed by atoms with Crippen molar-refractivity contribution in [2.45, 2.75) is 38.3 Å². The van der Waals surface area contributed by atoms with E-state index in [1.54, 1.807) is 5.48 Å². The first kappa shape index (κ1) is 24.8. The van der Waals surface area contributed by atoms with Crippen LogP contribution in [0.2, 0.25) is 0 Å². The molecule has 0 aliphatic rings. The Bertz CT molecular complexity index is 833. The summed E-state index contributed by atoms with van der Waals surface area (Å²) in [5.41, 5.74) is 2.41. The maximum atomic E-state index is 11.1. The Hall–Kier alpha value is -2.45. The van der Waals surface area contributed by atoms with Crippen LogP contribution in [0, 0.1) is 0 Å². The summed E-state index contributed by atoms with van der Waals surface area (Å²) in [4.78, 5) is 13.2. The number of hydrogen-bond acceptors (Lipinski definition) is 6. The van der Waals surface area contributed by atoms with Crippen molar-refractivity contribution in [1.82, 2.24) is 15.7 Å². The number of allylic oxidation sites excluding steroid dienone is 1. The van der Waals surface area contributed by atoms with E-state index in [1.807, 2.05) is 62.6 Å². The van der Waals surface area contributed by atoms with Gasteiger partial charge in [-0.25, -0.2) is 5.48 Å². The summed E-state index contributed by atoms with van der Waals surface area (Å²) < 4.78 is 6.09. The molecule has 2 rings (SSSR count). The number of amides is 1. The molecule has 0 fully saturated rings. The second-order valence-corrected chi connectivity index (χ2v) is 7.84. The number of nitrogens with zero attached hydrogens (tertiary/aromatic N) is 1. The fourth-order valence-electron chi connectivity index (χ4n) is 3.27. The highest BCUT2D eigenvalue weighted by Gasteiger charge is 2.12. The number of ether oxygens (including phenoxy) is 1. The third-order valence-electron chi connectivity index (χ3n) is 5.00. The summed E-state index contributed by atoms with van der Waals surface area (Å²) in [6.45, 7) is 1.91. The van der Waals surface area contributed by atoms with Crippen molar-refractivity contribution in [3.05, 3.63) is 54.1 Å². The van der Waals surface area contributed by atoms with Gasteiger partial charge in [-0.15, -0.1) is 0 Å². The van der Waals surface area contributed by atoms with Crippen LogP contribution in [0.3, 0.4) is 0 Å². The predicted molar refractivity (Wildman–Crippen MR) is 123 cm³/mol. The van der Waals surface area contributed by atoms with Gasteiger partial charge in [-0.2, -0.15) is 0 Å². The van der Waals surface area contributed by atoms with Gasteiger partial charge in [-0.05, 0) is 64.3 Å². The normalized spacial score (nSPS) is 12.9. The van der Waals surface area contributed by atoms with Crippen LogP contribution in [-0.4, -0.2) is 61.1 Å². The van der Waals surface area contributed by atoms with E-state index in [9.17, 15) is 9.90 Å².